The number of carbonyl (C=O) groups is 2. The van der Waals surface area contributed by atoms with Crippen molar-refractivity contribution in [1.82, 2.24) is 0 Å². The molecule has 20 heavy (non-hydrogen) atoms. The third kappa shape index (κ3) is 1.53. The second-order valence-electron chi connectivity index (χ2n) is 4.80. The van der Waals surface area contributed by atoms with Crippen LogP contribution >= 0.6 is 69.6 Å². The van der Waals surface area contributed by atoms with Crippen LogP contribution in [0.25, 0.3) is 0 Å². The van der Waals surface area contributed by atoms with E-state index < -0.39 is 44.3 Å². The van der Waals surface area contributed by atoms with E-state index in [1.165, 1.54) is 0 Å². The maximum absolute atomic E-state index is 11.7. The van der Waals surface area contributed by atoms with E-state index in [0.29, 0.717) is 0 Å². The van der Waals surface area contributed by atoms with Gasteiger partial charge < -0.3 is 10.2 Å². The largest absolute Gasteiger partial charge is 0.481 e. The molecule has 0 aromatic rings. The number of allylic oxidation sites excluding steroid dienone is 2. The van der Waals surface area contributed by atoms with Gasteiger partial charge in [0.05, 0.1) is 16.5 Å². The number of hydrogen-bond donors (Lipinski definition) is 2. The zero-order valence-corrected chi connectivity index (χ0v) is 13.9. The second-order valence-corrected chi connectivity index (χ2v) is 8.09. The summed E-state index contributed by atoms with van der Waals surface area (Å²) in [6, 6.07) is 0. The van der Waals surface area contributed by atoms with Crippen molar-refractivity contribution in [3.63, 3.8) is 0 Å². The van der Waals surface area contributed by atoms with Crippen LogP contribution in [0, 0.1) is 5.41 Å². The van der Waals surface area contributed by atoms with Gasteiger partial charge in [-0.25, -0.2) is 0 Å². The summed E-state index contributed by atoms with van der Waals surface area (Å²) < 4.78 is -2.06. The molecule has 2 aliphatic carbocycles. The van der Waals surface area contributed by atoms with Crippen molar-refractivity contribution in [1.29, 1.82) is 0 Å². The van der Waals surface area contributed by atoms with Crippen molar-refractivity contribution in [2.45, 2.75) is 26.9 Å². The Kier molecular flexibility index (Phi) is 3.75. The van der Waals surface area contributed by atoms with Crippen LogP contribution in [0.5, 0.6) is 0 Å². The minimum Gasteiger partial charge on any atom is -0.481 e. The maximum Gasteiger partial charge on any atom is 0.312 e. The molecule has 0 heterocycles. The number of halogens is 6. The van der Waals surface area contributed by atoms with Crippen LogP contribution in [0.4, 0.5) is 0 Å². The van der Waals surface area contributed by atoms with E-state index >= 15 is 0 Å². The highest BCUT2D eigenvalue weighted by Gasteiger charge is 2.85. The van der Waals surface area contributed by atoms with Crippen LogP contribution in [-0.2, 0) is 9.59 Å². The third-order valence-electron chi connectivity index (χ3n) is 3.84. The van der Waals surface area contributed by atoms with Gasteiger partial charge in [0.25, 0.3) is 0 Å². The lowest BCUT2D eigenvalue weighted by molar-refractivity contribution is -0.156. The SMILES string of the molecule is O=C(O)CC1(C(=O)O)CC2(Cl)C(Cl)=C(Cl)C1(Cl)C2(Cl)Cl. The monoisotopic (exact) mass is 400 g/mol. The molecule has 1 saturated carbocycles. The van der Waals surface area contributed by atoms with E-state index in [2.05, 4.69) is 0 Å². The number of carboxylic acid groups (broad SMARTS) is 2. The molecule has 10 heteroatoms. The van der Waals surface area contributed by atoms with Gasteiger partial charge in [-0.05, 0) is 6.42 Å². The first kappa shape index (κ1) is 16.8. The fraction of sp³-hybridized carbons (Fsp3) is 0.600. The topological polar surface area (TPSA) is 74.6 Å². The Labute approximate surface area is 143 Å². The lowest BCUT2D eigenvalue weighted by Gasteiger charge is -2.40. The molecule has 3 unspecified atom stereocenters. The van der Waals surface area contributed by atoms with Gasteiger partial charge >= 0.3 is 11.9 Å². The minimum absolute atomic E-state index is 0.164. The molecule has 0 aromatic carbocycles. The average molecular weight is 403 g/mol. The summed E-state index contributed by atoms with van der Waals surface area (Å²) in [5.74, 6) is -2.91. The molecule has 1 fully saturated rings. The van der Waals surface area contributed by atoms with Gasteiger partial charge in [-0.15, -0.1) is 23.2 Å². The predicted molar refractivity (Wildman–Crippen MR) is 77.3 cm³/mol. The summed E-state index contributed by atoms with van der Waals surface area (Å²) in [6.45, 7) is 0. The second kappa shape index (κ2) is 4.46. The quantitative estimate of drug-likeness (QED) is 0.705. The molecule has 0 amide bonds. The molecule has 0 aliphatic heterocycles. The molecule has 2 rings (SSSR count). The first-order valence-electron chi connectivity index (χ1n) is 5.15. The van der Waals surface area contributed by atoms with Crippen molar-refractivity contribution in [3.8, 4) is 0 Å². The van der Waals surface area contributed by atoms with E-state index in [1.54, 1.807) is 0 Å². The summed E-state index contributed by atoms with van der Waals surface area (Å²) in [6.07, 6.45) is -1.30. The Morgan fingerprint density at radius 3 is 1.85 bits per heavy atom. The highest BCUT2D eigenvalue weighted by Crippen LogP contribution is 2.78. The minimum atomic E-state index is -2.13. The highest BCUT2D eigenvalue weighted by molar-refractivity contribution is 6.66. The van der Waals surface area contributed by atoms with E-state index in [9.17, 15) is 14.7 Å². The van der Waals surface area contributed by atoms with Crippen molar-refractivity contribution in [3.05, 3.63) is 10.1 Å². The Morgan fingerprint density at radius 2 is 1.55 bits per heavy atom. The molecule has 2 N–H and O–H groups in total. The van der Waals surface area contributed by atoms with Crippen molar-refractivity contribution >= 4 is 81.5 Å². The molecule has 2 bridgehead atoms. The van der Waals surface area contributed by atoms with Gasteiger partial charge in [-0.3, -0.25) is 9.59 Å². The highest BCUT2D eigenvalue weighted by atomic mass is 35.5. The van der Waals surface area contributed by atoms with Gasteiger partial charge in [0.15, 0.2) is 4.33 Å². The van der Waals surface area contributed by atoms with Crippen LogP contribution in [-0.4, -0.2) is 36.2 Å². The number of alkyl halides is 4. The van der Waals surface area contributed by atoms with E-state index in [-0.39, 0.29) is 10.1 Å². The Balaban J connectivity index is 2.79. The molecule has 0 saturated heterocycles. The first-order valence-corrected chi connectivity index (χ1v) is 7.42. The molecule has 0 aromatic heterocycles. The fourth-order valence-electron chi connectivity index (χ4n) is 2.85. The number of carboxylic acids is 2. The lowest BCUT2D eigenvalue weighted by Crippen LogP contribution is -2.53. The number of rotatable bonds is 3. The van der Waals surface area contributed by atoms with E-state index in [1.807, 2.05) is 0 Å². The number of aliphatic carboxylic acids is 2. The normalized spacial score (nSPS) is 42.1. The molecular weight excluding hydrogens is 397 g/mol. The molecule has 0 spiro atoms. The van der Waals surface area contributed by atoms with Crippen molar-refractivity contribution in [2.24, 2.45) is 5.41 Å². The Bertz CT molecular complexity index is 560. The van der Waals surface area contributed by atoms with Gasteiger partial charge in [0.2, 0.25) is 0 Å². The summed E-state index contributed by atoms with van der Waals surface area (Å²) in [4.78, 5) is 18.8. The molecule has 3 atom stereocenters. The Morgan fingerprint density at radius 1 is 1.05 bits per heavy atom. The summed E-state index contributed by atoms with van der Waals surface area (Å²) in [5.41, 5.74) is -2.07. The smallest absolute Gasteiger partial charge is 0.312 e. The van der Waals surface area contributed by atoms with Crippen LogP contribution < -0.4 is 0 Å². The summed E-state index contributed by atoms with van der Waals surface area (Å²) >= 11 is 36.8. The van der Waals surface area contributed by atoms with Crippen LogP contribution in [0.15, 0.2) is 10.1 Å². The summed E-state index contributed by atoms with van der Waals surface area (Å²) in [7, 11) is 0. The van der Waals surface area contributed by atoms with Gasteiger partial charge in [-0.2, -0.15) is 0 Å². The molecule has 2 aliphatic rings. The third-order valence-corrected chi connectivity index (χ3v) is 8.15. The van der Waals surface area contributed by atoms with Gasteiger partial charge in [0.1, 0.15) is 15.2 Å². The average Bonchev–Trinajstić information content (AvgIpc) is 2.49. The van der Waals surface area contributed by atoms with Gasteiger partial charge in [-0.1, -0.05) is 46.4 Å². The summed E-state index contributed by atoms with van der Waals surface area (Å²) in [5, 5.41) is 18.0. The predicted octanol–water partition coefficient (Wildman–Crippen LogP) is 3.77. The van der Waals surface area contributed by atoms with Crippen molar-refractivity contribution in [2.75, 3.05) is 0 Å². The number of hydrogen-bond acceptors (Lipinski definition) is 2. The zero-order chi connectivity index (χ0) is 15.7. The van der Waals surface area contributed by atoms with Crippen LogP contribution in [0.1, 0.15) is 12.8 Å². The van der Waals surface area contributed by atoms with Crippen LogP contribution in [0.2, 0.25) is 0 Å². The van der Waals surface area contributed by atoms with Crippen molar-refractivity contribution < 1.29 is 19.8 Å². The molecular formula is C10H6Cl6O4. The lowest BCUT2D eigenvalue weighted by atomic mass is 9.72. The zero-order valence-electron chi connectivity index (χ0n) is 9.39. The first-order chi connectivity index (χ1) is 8.88. The standard InChI is InChI=1S/C10H6Cl6O4/c11-4-5(12)9(14)7(6(19)20,1-3(17)18)2-8(4,13)10(9,15)16/h1-2H2,(H,17,18)(H,19,20). The Hall–Kier alpha value is 0.420. The molecule has 0 radical (unpaired) electrons. The van der Waals surface area contributed by atoms with E-state index in [0.717, 1.165) is 0 Å². The van der Waals surface area contributed by atoms with Crippen LogP contribution in [0.3, 0.4) is 0 Å². The molecule has 4 nitrogen and oxygen atoms in total. The fourth-order valence-corrected chi connectivity index (χ4v) is 5.83. The maximum atomic E-state index is 11.7. The van der Waals surface area contributed by atoms with E-state index in [4.69, 9.17) is 74.7 Å². The van der Waals surface area contributed by atoms with Gasteiger partial charge in [0, 0.05) is 0 Å². The number of fused-ring (bicyclic) bond motifs is 2. The molecule has 112 valence electrons.